The van der Waals surface area contributed by atoms with E-state index in [1.54, 1.807) is 0 Å². The van der Waals surface area contributed by atoms with Crippen LogP contribution < -0.4 is 0 Å². The second-order valence-electron chi connectivity index (χ2n) is 6.50. The Morgan fingerprint density at radius 1 is 1.26 bits per heavy atom. The molecule has 2 fully saturated rings. The summed E-state index contributed by atoms with van der Waals surface area (Å²) in [6.07, 6.45) is 2.90. The number of likely N-dealkylation sites (tertiary alicyclic amines) is 1. The zero-order valence-electron chi connectivity index (χ0n) is 13.4. The smallest absolute Gasteiger partial charge is 0.273 e. The van der Waals surface area contributed by atoms with E-state index in [-0.39, 0.29) is 21.7 Å². The molecule has 2 saturated heterocycles. The monoisotopic (exact) mass is 339 g/mol. The zero-order chi connectivity index (χ0) is 16.8. The third kappa shape index (κ3) is 2.54. The Morgan fingerprint density at radius 2 is 2.00 bits per heavy atom. The first-order valence-corrected chi connectivity index (χ1v) is 9.17. The average molecular weight is 339 g/mol. The van der Waals surface area contributed by atoms with E-state index in [2.05, 4.69) is 4.90 Å². The van der Waals surface area contributed by atoms with E-state index in [4.69, 9.17) is 0 Å². The van der Waals surface area contributed by atoms with Crippen LogP contribution in [0.1, 0.15) is 24.8 Å². The summed E-state index contributed by atoms with van der Waals surface area (Å²) >= 11 is 0. The van der Waals surface area contributed by atoms with Crippen LogP contribution in [0.15, 0.2) is 23.1 Å². The minimum Gasteiger partial charge on any atom is -0.299 e. The van der Waals surface area contributed by atoms with Gasteiger partial charge in [0.1, 0.15) is 0 Å². The highest BCUT2D eigenvalue weighted by Crippen LogP contribution is 2.39. The first-order valence-electron chi connectivity index (χ1n) is 7.73. The lowest BCUT2D eigenvalue weighted by molar-refractivity contribution is -0.385. The molecule has 2 heterocycles. The first-order chi connectivity index (χ1) is 10.8. The van der Waals surface area contributed by atoms with Gasteiger partial charge in [-0.1, -0.05) is 6.07 Å². The third-order valence-corrected chi connectivity index (χ3v) is 7.30. The van der Waals surface area contributed by atoms with Crippen molar-refractivity contribution in [3.63, 3.8) is 0 Å². The van der Waals surface area contributed by atoms with Gasteiger partial charge in [0.25, 0.3) is 5.69 Å². The summed E-state index contributed by atoms with van der Waals surface area (Å²) in [5.41, 5.74) is -0.0157. The fourth-order valence-corrected chi connectivity index (χ4v) is 5.59. The second kappa shape index (κ2) is 5.54. The van der Waals surface area contributed by atoms with Gasteiger partial charge in [0.15, 0.2) is 0 Å². The molecule has 1 unspecified atom stereocenters. The molecule has 1 aromatic carbocycles. The Balaban J connectivity index is 1.95. The number of nitrogens with zero attached hydrogens (tertiary/aromatic N) is 3. The molecule has 0 bridgehead atoms. The summed E-state index contributed by atoms with van der Waals surface area (Å²) in [5.74, 6) is 0. The van der Waals surface area contributed by atoms with Crippen LogP contribution in [0.25, 0.3) is 0 Å². The van der Waals surface area contributed by atoms with Gasteiger partial charge in [0.05, 0.1) is 9.82 Å². The average Bonchev–Trinajstić information content (AvgIpc) is 3.07. The predicted molar refractivity (Wildman–Crippen MR) is 85.8 cm³/mol. The molecule has 2 aliphatic rings. The van der Waals surface area contributed by atoms with Gasteiger partial charge >= 0.3 is 0 Å². The van der Waals surface area contributed by atoms with Gasteiger partial charge in [-0.25, -0.2) is 8.42 Å². The molecule has 0 amide bonds. The van der Waals surface area contributed by atoms with E-state index >= 15 is 0 Å². The second-order valence-corrected chi connectivity index (χ2v) is 8.40. The Morgan fingerprint density at radius 3 is 2.61 bits per heavy atom. The van der Waals surface area contributed by atoms with Crippen molar-refractivity contribution in [3.05, 3.63) is 33.9 Å². The minimum atomic E-state index is -3.71. The number of benzene rings is 1. The standard InChI is InChI=1S/C15H21N3O4S/c1-12-13(18(19)20)5-3-6-14(12)23(21,22)17-10-8-15(11-17)7-4-9-16(15)2/h3,5-6H,4,7-11H2,1-2H3. The maximum Gasteiger partial charge on any atom is 0.273 e. The van der Waals surface area contributed by atoms with Crippen molar-refractivity contribution in [1.82, 2.24) is 9.21 Å². The molecule has 8 heteroatoms. The Kier molecular flexibility index (Phi) is 3.94. The number of sulfonamides is 1. The fraction of sp³-hybridized carbons (Fsp3) is 0.600. The van der Waals surface area contributed by atoms with Crippen molar-refractivity contribution in [2.45, 2.75) is 36.6 Å². The summed E-state index contributed by atoms with van der Waals surface area (Å²) in [6.45, 7) is 3.42. The molecular weight excluding hydrogens is 318 g/mol. The zero-order valence-corrected chi connectivity index (χ0v) is 14.2. The van der Waals surface area contributed by atoms with Crippen LogP contribution in [0.3, 0.4) is 0 Å². The molecule has 1 aromatic rings. The van der Waals surface area contributed by atoms with Gasteiger partial charge < -0.3 is 0 Å². The fourth-order valence-electron chi connectivity index (χ4n) is 3.83. The highest BCUT2D eigenvalue weighted by Gasteiger charge is 2.47. The lowest BCUT2D eigenvalue weighted by Gasteiger charge is -2.31. The summed E-state index contributed by atoms with van der Waals surface area (Å²) in [5, 5.41) is 11.1. The van der Waals surface area contributed by atoms with Crippen LogP contribution >= 0.6 is 0 Å². The number of likely N-dealkylation sites (N-methyl/N-ethyl adjacent to an activating group) is 1. The number of rotatable bonds is 3. The summed E-state index contributed by atoms with van der Waals surface area (Å²) < 4.78 is 27.4. The minimum absolute atomic E-state index is 0.0457. The molecular formula is C15H21N3O4S. The summed E-state index contributed by atoms with van der Waals surface area (Å²) in [4.78, 5) is 12.8. The van der Waals surface area contributed by atoms with Crippen molar-refractivity contribution in [1.29, 1.82) is 0 Å². The number of nitro groups is 1. The van der Waals surface area contributed by atoms with Gasteiger partial charge in [-0.2, -0.15) is 4.31 Å². The highest BCUT2D eigenvalue weighted by atomic mass is 32.2. The van der Waals surface area contributed by atoms with Gasteiger partial charge in [0, 0.05) is 30.3 Å². The molecule has 0 aromatic heterocycles. The van der Waals surface area contributed by atoms with Gasteiger partial charge in [-0.3, -0.25) is 15.0 Å². The van der Waals surface area contributed by atoms with E-state index < -0.39 is 14.9 Å². The third-order valence-electron chi connectivity index (χ3n) is 5.31. The van der Waals surface area contributed by atoms with Crippen LogP contribution in [0.5, 0.6) is 0 Å². The molecule has 1 spiro atoms. The lowest BCUT2D eigenvalue weighted by atomic mass is 9.96. The molecule has 23 heavy (non-hydrogen) atoms. The molecule has 0 aliphatic carbocycles. The molecule has 0 saturated carbocycles. The van der Waals surface area contributed by atoms with Crippen LogP contribution in [0, 0.1) is 17.0 Å². The van der Waals surface area contributed by atoms with Crippen molar-refractivity contribution in [3.8, 4) is 0 Å². The van der Waals surface area contributed by atoms with Crippen molar-refractivity contribution < 1.29 is 13.3 Å². The maximum absolute atomic E-state index is 13.0. The predicted octanol–water partition coefficient (Wildman–Crippen LogP) is 1.76. The molecule has 2 aliphatic heterocycles. The van der Waals surface area contributed by atoms with Gasteiger partial charge in [-0.15, -0.1) is 0 Å². The topological polar surface area (TPSA) is 83.8 Å². The van der Waals surface area contributed by atoms with Crippen molar-refractivity contribution >= 4 is 15.7 Å². The van der Waals surface area contributed by atoms with E-state index in [1.165, 1.54) is 29.4 Å². The van der Waals surface area contributed by atoms with Crippen molar-refractivity contribution in [2.24, 2.45) is 0 Å². The number of nitro benzene ring substituents is 1. The molecule has 0 radical (unpaired) electrons. The highest BCUT2D eigenvalue weighted by molar-refractivity contribution is 7.89. The van der Waals surface area contributed by atoms with E-state index in [9.17, 15) is 18.5 Å². The molecule has 126 valence electrons. The van der Waals surface area contributed by atoms with Crippen LogP contribution in [0.2, 0.25) is 0 Å². The lowest BCUT2D eigenvalue weighted by Crippen LogP contribution is -2.44. The summed E-state index contributed by atoms with van der Waals surface area (Å²) in [6, 6.07) is 4.23. The van der Waals surface area contributed by atoms with Gasteiger partial charge in [-0.05, 0) is 45.8 Å². The largest absolute Gasteiger partial charge is 0.299 e. The van der Waals surface area contributed by atoms with Gasteiger partial charge in [0.2, 0.25) is 10.0 Å². The molecule has 3 rings (SSSR count). The Bertz CT molecular complexity index is 749. The van der Waals surface area contributed by atoms with Crippen molar-refractivity contribution in [2.75, 3.05) is 26.7 Å². The van der Waals surface area contributed by atoms with Crippen LogP contribution in [0.4, 0.5) is 5.69 Å². The van der Waals surface area contributed by atoms with E-state index in [0.717, 1.165) is 25.8 Å². The maximum atomic E-state index is 13.0. The van der Waals surface area contributed by atoms with Crippen LogP contribution in [-0.2, 0) is 10.0 Å². The van der Waals surface area contributed by atoms with E-state index in [1.807, 2.05) is 7.05 Å². The Labute approximate surface area is 136 Å². The first kappa shape index (κ1) is 16.4. The Hall–Kier alpha value is -1.51. The normalized spacial score (nSPS) is 26.2. The van der Waals surface area contributed by atoms with Crippen LogP contribution in [-0.4, -0.2) is 54.8 Å². The molecule has 7 nitrogen and oxygen atoms in total. The summed E-state index contributed by atoms with van der Waals surface area (Å²) in [7, 11) is -1.67. The molecule has 1 atom stereocenters. The number of hydrogen-bond acceptors (Lipinski definition) is 5. The molecule has 0 N–H and O–H groups in total. The number of hydrogen-bond donors (Lipinski definition) is 0. The quantitative estimate of drug-likeness (QED) is 0.619. The SMILES string of the molecule is Cc1c([N+](=O)[O-])cccc1S(=O)(=O)N1CCC2(CCCN2C)C1. The van der Waals surface area contributed by atoms with E-state index in [0.29, 0.717) is 13.1 Å².